The van der Waals surface area contributed by atoms with E-state index in [4.69, 9.17) is 4.74 Å². The van der Waals surface area contributed by atoms with Crippen LogP contribution in [0.15, 0.2) is 48.5 Å². The first kappa shape index (κ1) is 18.5. The van der Waals surface area contributed by atoms with Crippen LogP contribution in [0.1, 0.15) is 42.5 Å². The van der Waals surface area contributed by atoms with Crippen LogP contribution in [0.3, 0.4) is 0 Å². The second-order valence-corrected chi connectivity index (χ2v) is 6.85. The molecule has 4 heteroatoms. The number of aryl methyl sites for hydroxylation is 2. The van der Waals surface area contributed by atoms with Gasteiger partial charge in [0.25, 0.3) is 0 Å². The van der Waals surface area contributed by atoms with Crippen molar-refractivity contribution in [2.75, 3.05) is 19.7 Å². The molecule has 1 atom stereocenters. The molecule has 0 aromatic heterocycles. The number of rotatable bonds is 8. The van der Waals surface area contributed by atoms with E-state index in [1.54, 1.807) is 0 Å². The second kappa shape index (κ2) is 9.39. The Morgan fingerprint density at radius 2 is 1.85 bits per heavy atom. The van der Waals surface area contributed by atoms with Gasteiger partial charge in [0.05, 0.1) is 13.1 Å². The minimum Gasteiger partial charge on any atom is -0.492 e. The minimum atomic E-state index is -0.00790. The predicted octanol–water partition coefficient (Wildman–Crippen LogP) is 3.41. The van der Waals surface area contributed by atoms with Crippen molar-refractivity contribution in [1.82, 2.24) is 10.6 Å². The summed E-state index contributed by atoms with van der Waals surface area (Å²) in [5.41, 5.74) is 4.22. The van der Waals surface area contributed by atoms with E-state index in [9.17, 15) is 4.79 Å². The van der Waals surface area contributed by atoms with Gasteiger partial charge in [-0.1, -0.05) is 36.4 Å². The van der Waals surface area contributed by atoms with Crippen molar-refractivity contribution in [3.63, 3.8) is 0 Å². The van der Waals surface area contributed by atoms with E-state index in [1.807, 2.05) is 30.3 Å². The molecule has 0 bridgehead atoms. The number of para-hydroxylation sites is 1. The van der Waals surface area contributed by atoms with Crippen LogP contribution in [0.25, 0.3) is 0 Å². The number of carbonyl (C=O) groups excluding carboxylic acids is 1. The van der Waals surface area contributed by atoms with Gasteiger partial charge in [0, 0.05) is 6.04 Å². The van der Waals surface area contributed by atoms with Gasteiger partial charge in [0.2, 0.25) is 5.91 Å². The maximum absolute atomic E-state index is 12.0. The molecule has 0 radical (unpaired) electrons. The lowest BCUT2D eigenvalue weighted by Gasteiger charge is -2.20. The average Bonchev–Trinajstić information content (AvgIpc) is 2.70. The Labute approximate surface area is 156 Å². The molecule has 2 N–H and O–H groups in total. The van der Waals surface area contributed by atoms with Gasteiger partial charge >= 0.3 is 0 Å². The quantitative estimate of drug-likeness (QED) is 0.716. The highest BCUT2D eigenvalue weighted by molar-refractivity contribution is 5.78. The van der Waals surface area contributed by atoms with Gasteiger partial charge < -0.3 is 15.4 Å². The first-order chi connectivity index (χ1) is 12.7. The van der Waals surface area contributed by atoms with E-state index < -0.39 is 0 Å². The molecule has 1 aliphatic rings. The van der Waals surface area contributed by atoms with Crippen LogP contribution in [-0.4, -0.2) is 25.6 Å². The number of ether oxygens (including phenoxy) is 1. The zero-order valence-corrected chi connectivity index (χ0v) is 15.5. The highest BCUT2D eigenvalue weighted by Gasteiger charge is 2.13. The maximum Gasteiger partial charge on any atom is 0.234 e. The third-order valence-electron chi connectivity index (χ3n) is 4.88. The van der Waals surface area contributed by atoms with Gasteiger partial charge in [-0.15, -0.1) is 0 Å². The molecule has 0 fully saturated rings. The number of hydrogen-bond acceptors (Lipinski definition) is 3. The summed E-state index contributed by atoms with van der Waals surface area (Å²) in [5, 5.41) is 6.19. The number of amides is 1. The van der Waals surface area contributed by atoms with Crippen LogP contribution in [0, 0.1) is 0 Å². The van der Waals surface area contributed by atoms with Crippen LogP contribution in [0.4, 0.5) is 0 Å². The van der Waals surface area contributed by atoms with E-state index >= 15 is 0 Å². The molecule has 0 aliphatic heterocycles. The molecule has 1 aliphatic carbocycles. The summed E-state index contributed by atoms with van der Waals surface area (Å²) in [6, 6.07) is 16.5. The summed E-state index contributed by atoms with van der Waals surface area (Å²) in [5.74, 6) is 0.812. The molecule has 1 unspecified atom stereocenters. The second-order valence-electron chi connectivity index (χ2n) is 6.85. The van der Waals surface area contributed by atoms with Crippen LogP contribution in [0.2, 0.25) is 0 Å². The summed E-state index contributed by atoms with van der Waals surface area (Å²) in [6.45, 7) is 3.39. The topological polar surface area (TPSA) is 50.4 Å². The number of nitrogens with one attached hydrogen (secondary N) is 2. The highest BCUT2D eigenvalue weighted by atomic mass is 16.5. The fourth-order valence-corrected chi connectivity index (χ4v) is 3.32. The molecule has 1 amide bonds. The smallest absolute Gasteiger partial charge is 0.234 e. The predicted molar refractivity (Wildman–Crippen MR) is 104 cm³/mol. The van der Waals surface area contributed by atoms with Gasteiger partial charge in [0.1, 0.15) is 12.4 Å². The average molecular weight is 352 g/mol. The fraction of sp³-hybridized carbons (Fsp3) is 0.409. The van der Waals surface area contributed by atoms with Crippen LogP contribution >= 0.6 is 0 Å². The Bertz CT molecular complexity index is 715. The highest BCUT2D eigenvalue weighted by Crippen LogP contribution is 2.24. The number of fused-ring (bicyclic) bond motifs is 1. The van der Waals surface area contributed by atoms with Crippen molar-refractivity contribution in [3.05, 3.63) is 65.2 Å². The summed E-state index contributed by atoms with van der Waals surface area (Å²) in [7, 11) is 0. The lowest BCUT2D eigenvalue weighted by molar-refractivity contribution is -0.120. The van der Waals surface area contributed by atoms with Crippen molar-refractivity contribution in [3.8, 4) is 5.75 Å². The van der Waals surface area contributed by atoms with E-state index in [2.05, 4.69) is 35.8 Å². The van der Waals surface area contributed by atoms with Crippen LogP contribution in [0.5, 0.6) is 5.75 Å². The molecule has 0 saturated carbocycles. The SMILES string of the molecule is CC(NCC(=O)NCCOc1ccccc1)c1ccc2c(c1)CCCC2. The van der Waals surface area contributed by atoms with Gasteiger partial charge in [-0.2, -0.15) is 0 Å². The summed E-state index contributed by atoms with van der Waals surface area (Å²) in [6.07, 6.45) is 4.96. The molecular weight excluding hydrogens is 324 g/mol. The molecule has 0 saturated heterocycles. The normalized spacial score (nSPS) is 14.3. The van der Waals surface area contributed by atoms with Crippen LogP contribution in [-0.2, 0) is 17.6 Å². The van der Waals surface area contributed by atoms with E-state index in [0.29, 0.717) is 19.7 Å². The lowest BCUT2D eigenvalue weighted by Crippen LogP contribution is -2.37. The molecule has 3 rings (SSSR count). The largest absolute Gasteiger partial charge is 0.492 e. The first-order valence-corrected chi connectivity index (χ1v) is 9.52. The molecule has 2 aromatic carbocycles. The zero-order chi connectivity index (χ0) is 18.2. The standard InChI is InChI=1S/C22H28N2O2/c1-17(19-12-11-18-7-5-6-8-20(18)15-19)24-16-22(25)23-13-14-26-21-9-3-2-4-10-21/h2-4,9-12,15,17,24H,5-8,13-14,16H2,1H3,(H,23,25). The zero-order valence-electron chi connectivity index (χ0n) is 15.5. The van der Waals surface area contributed by atoms with Gasteiger partial charge in [-0.25, -0.2) is 0 Å². The van der Waals surface area contributed by atoms with Gasteiger partial charge in [0.15, 0.2) is 0 Å². The van der Waals surface area contributed by atoms with Crippen molar-refractivity contribution >= 4 is 5.91 Å². The Morgan fingerprint density at radius 3 is 2.65 bits per heavy atom. The Morgan fingerprint density at radius 1 is 1.08 bits per heavy atom. The molecule has 4 nitrogen and oxygen atoms in total. The van der Waals surface area contributed by atoms with Crippen molar-refractivity contribution < 1.29 is 9.53 Å². The van der Waals surface area contributed by atoms with Crippen LogP contribution < -0.4 is 15.4 Å². The first-order valence-electron chi connectivity index (χ1n) is 9.52. The minimum absolute atomic E-state index is 0.00790. The molecule has 138 valence electrons. The van der Waals surface area contributed by atoms with E-state index in [1.165, 1.54) is 42.4 Å². The van der Waals surface area contributed by atoms with E-state index in [0.717, 1.165) is 5.75 Å². The number of hydrogen-bond donors (Lipinski definition) is 2. The number of benzene rings is 2. The Kier molecular flexibility index (Phi) is 6.67. The van der Waals surface area contributed by atoms with Crippen molar-refractivity contribution in [2.45, 2.75) is 38.6 Å². The van der Waals surface area contributed by atoms with Gasteiger partial charge in [-0.3, -0.25) is 4.79 Å². The lowest BCUT2D eigenvalue weighted by atomic mass is 9.89. The fourth-order valence-electron chi connectivity index (χ4n) is 3.32. The van der Waals surface area contributed by atoms with Crippen molar-refractivity contribution in [1.29, 1.82) is 0 Å². The molecule has 0 spiro atoms. The monoisotopic (exact) mass is 352 g/mol. The third-order valence-corrected chi connectivity index (χ3v) is 4.88. The summed E-state index contributed by atoms with van der Waals surface area (Å²) in [4.78, 5) is 12.0. The summed E-state index contributed by atoms with van der Waals surface area (Å²) >= 11 is 0. The Hall–Kier alpha value is -2.33. The van der Waals surface area contributed by atoms with Crippen molar-refractivity contribution in [2.24, 2.45) is 0 Å². The van der Waals surface area contributed by atoms with E-state index in [-0.39, 0.29) is 11.9 Å². The molecule has 2 aromatic rings. The Balaban J connectivity index is 1.37. The molecule has 0 heterocycles. The number of carbonyl (C=O) groups is 1. The maximum atomic E-state index is 12.0. The molecular formula is C22H28N2O2. The van der Waals surface area contributed by atoms with Gasteiger partial charge in [-0.05, 0) is 61.4 Å². The third kappa shape index (κ3) is 5.33. The summed E-state index contributed by atoms with van der Waals surface area (Å²) < 4.78 is 5.57. The molecule has 26 heavy (non-hydrogen) atoms.